The zero-order valence-electron chi connectivity index (χ0n) is 40.4. The van der Waals surface area contributed by atoms with Gasteiger partial charge in [-0.3, -0.25) is 9.78 Å². The van der Waals surface area contributed by atoms with Crippen LogP contribution in [-0.4, -0.2) is 63.4 Å². The van der Waals surface area contributed by atoms with Crippen molar-refractivity contribution < 1.29 is 34.1 Å². The number of hydrogen-bond donors (Lipinski definition) is 2. The minimum absolute atomic E-state index is 0.0167. The Morgan fingerprint density at radius 3 is 2.44 bits per heavy atom. The molecule has 0 bridgehead atoms. The number of aryl methyl sites for hydroxylation is 1. The maximum atomic E-state index is 15.7. The standard InChI is InChI=1S/C60H62N4O7/c1-3-33-69-60-56(64(59(67)45-27-25-42(37-61)26-28-45)38-47-21-14-20-44-18-7-8-23-50(44)47)36-54(63-70-39-43-16-5-4-6-17-43)52-34-46(19-9-11-31-65)51(24-10-12-32-66)57(58(52)60)53-35-49(29-30-55(53)71-60)68-40-48-22-13-15-41(2)62-48/h3-8,13-18,20-23,25-30,34-35,46,51,56-58,65-66H,1,9-12,19,24,31-33,36,38-40H2,2H3. The summed E-state index contributed by atoms with van der Waals surface area (Å²) in [5, 5.41) is 37.1. The molecule has 0 spiro atoms. The molecule has 0 radical (unpaired) electrons. The molecule has 2 N–H and O–H groups in total. The van der Waals surface area contributed by atoms with Gasteiger partial charge in [0.15, 0.2) is 0 Å². The van der Waals surface area contributed by atoms with E-state index in [1.807, 2.05) is 90.7 Å². The van der Waals surface area contributed by atoms with Crippen molar-refractivity contribution in [3.8, 4) is 17.6 Å². The average Bonchev–Trinajstić information content (AvgIpc) is 3.40. The Morgan fingerprint density at radius 1 is 0.901 bits per heavy atom. The number of rotatable bonds is 21. The van der Waals surface area contributed by atoms with Gasteiger partial charge in [0.1, 0.15) is 30.8 Å². The molecule has 6 atom stereocenters. The molecule has 2 aliphatic carbocycles. The number of benzene rings is 5. The third-order valence-corrected chi connectivity index (χ3v) is 14.3. The van der Waals surface area contributed by atoms with Crippen molar-refractivity contribution >= 4 is 22.4 Å². The van der Waals surface area contributed by atoms with Gasteiger partial charge in [-0.15, -0.1) is 6.58 Å². The number of allylic oxidation sites excluding steroid dienone is 1. The number of aromatic nitrogens is 1. The molecule has 1 aromatic heterocycles. The van der Waals surface area contributed by atoms with E-state index in [0.29, 0.717) is 41.2 Å². The number of pyridine rings is 1. The van der Waals surface area contributed by atoms with Crippen molar-refractivity contribution in [2.24, 2.45) is 22.9 Å². The number of amides is 1. The molecular formula is C60H62N4O7. The molecule has 1 saturated carbocycles. The van der Waals surface area contributed by atoms with Crippen LogP contribution in [0.1, 0.15) is 94.9 Å². The zero-order valence-corrected chi connectivity index (χ0v) is 40.4. The van der Waals surface area contributed by atoms with E-state index in [2.05, 4.69) is 49.1 Å². The Morgan fingerprint density at radius 2 is 1.66 bits per heavy atom. The predicted octanol–water partition coefficient (Wildman–Crippen LogP) is 11.2. The molecule has 1 amide bonds. The fourth-order valence-corrected chi connectivity index (χ4v) is 11.1. The summed E-state index contributed by atoms with van der Waals surface area (Å²) in [5.41, 5.74) is 7.07. The minimum Gasteiger partial charge on any atom is -0.487 e. The molecule has 1 fully saturated rings. The van der Waals surface area contributed by atoms with Gasteiger partial charge in [0.05, 0.1) is 35.6 Å². The lowest BCUT2D eigenvalue weighted by molar-refractivity contribution is -0.255. The lowest BCUT2D eigenvalue weighted by Gasteiger charge is -2.60. The highest BCUT2D eigenvalue weighted by molar-refractivity contribution is 6.03. The smallest absolute Gasteiger partial charge is 0.254 e. The summed E-state index contributed by atoms with van der Waals surface area (Å²) in [6.45, 7) is 7.07. The van der Waals surface area contributed by atoms with Crippen LogP contribution in [0.15, 0.2) is 163 Å². The summed E-state index contributed by atoms with van der Waals surface area (Å²) < 4.78 is 21.4. The SMILES string of the molecule is C=CCOC12Oc3ccc(OCc4cccc(C)n4)cc3C3C(CCCCO)C(CCCCO)C=C(C(=NOCc4ccccc4)CC1N(Cc1cccc4ccccc14)C(=O)c1ccc(C#N)cc1)C32. The number of carbonyl (C=O) groups is 1. The Hall–Kier alpha value is -7.10. The molecule has 5 aromatic carbocycles. The van der Waals surface area contributed by atoms with E-state index in [4.69, 9.17) is 29.2 Å². The van der Waals surface area contributed by atoms with Crippen molar-refractivity contribution in [1.29, 1.82) is 5.26 Å². The van der Waals surface area contributed by atoms with Crippen LogP contribution < -0.4 is 9.47 Å². The number of unbranched alkanes of at least 4 members (excludes halogenated alkanes) is 2. The second-order valence-electron chi connectivity index (χ2n) is 18.9. The van der Waals surface area contributed by atoms with Crippen molar-refractivity contribution in [2.45, 2.75) is 89.4 Å². The first-order valence-electron chi connectivity index (χ1n) is 24.9. The number of fused-ring (bicyclic) bond motifs is 3. The molecule has 0 saturated heterocycles. The van der Waals surface area contributed by atoms with Gasteiger partial charge in [-0.25, -0.2) is 0 Å². The molecule has 11 nitrogen and oxygen atoms in total. The lowest BCUT2D eigenvalue weighted by atomic mass is 9.55. The van der Waals surface area contributed by atoms with Gasteiger partial charge in [-0.1, -0.05) is 109 Å². The third-order valence-electron chi connectivity index (χ3n) is 14.3. The number of carbonyl (C=O) groups excluding carboxylic acids is 1. The first kappa shape index (κ1) is 48.9. The second kappa shape index (κ2) is 22.8. The number of nitriles is 1. The monoisotopic (exact) mass is 950 g/mol. The second-order valence-corrected chi connectivity index (χ2v) is 18.9. The fraction of sp³-hybridized carbons (Fsp3) is 0.333. The van der Waals surface area contributed by atoms with E-state index in [0.717, 1.165) is 70.1 Å². The number of nitrogens with zero attached hydrogens (tertiary/aromatic N) is 4. The van der Waals surface area contributed by atoms with Crippen molar-refractivity contribution in [3.05, 3.63) is 197 Å². The maximum absolute atomic E-state index is 15.7. The highest BCUT2D eigenvalue weighted by Gasteiger charge is 2.65. The summed E-state index contributed by atoms with van der Waals surface area (Å²) in [4.78, 5) is 28.7. The van der Waals surface area contributed by atoms with Crippen LogP contribution in [0, 0.1) is 36.0 Å². The van der Waals surface area contributed by atoms with Gasteiger partial charge >= 0.3 is 0 Å². The van der Waals surface area contributed by atoms with Crippen LogP contribution in [0.4, 0.5) is 0 Å². The molecular weight excluding hydrogens is 889 g/mol. The Bertz CT molecular complexity index is 2910. The van der Waals surface area contributed by atoms with Crippen LogP contribution in [0.25, 0.3) is 10.8 Å². The molecule has 9 rings (SSSR count). The van der Waals surface area contributed by atoms with Crippen LogP contribution in [-0.2, 0) is 29.3 Å². The third kappa shape index (κ3) is 10.7. The normalized spacial score (nSPS) is 21.5. The first-order chi connectivity index (χ1) is 34.8. The number of aliphatic hydroxyl groups is 2. The molecule has 364 valence electrons. The summed E-state index contributed by atoms with van der Waals surface area (Å²) in [6.07, 6.45) is 8.79. The fourth-order valence-electron chi connectivity index (χ4n) is 11.1. The highest BCUT2D eigenvalue weighted by Crippen LogP contribution is 2.62. The van der Waals surface area contributed by atoms with E-state index in [1.54, 1.807) is 30.3 Å². The zero-order chi connectivity index (χ0) is 49.2. The predicted molar refractivity (Wildman–Crippen MR) is 274 cm³/mol. The van der Waals surface area contributed by atoms with Gasteiger partial charge < -0.3 is 34.2 Å². The van der Waals surface area contributed by atoms with Crippen LogP contribution in [0.2, 0.25) is 0 Å². The van der Waals surface area contributed by atoms with Crippen molar-refractivity contribution in [1.82, 2.24) is 9.88 Å². The van der Waals surface area contributed by atoms with Gasteiger partial charge in [0.2, 0.25) is 5.79 Å². The number of ether oxygens (including phenoxy) is 3. The summed E-state index contributed by atoms with van der Waals surface area (Å²) in [5.74, 6) is -1.19. The largest absolute Gasteiger partial charge is 0.487 e. The Kier molecular flexibility index (Phi) is 15.7. The molecule has 2 heterocycles. The highest BCUT2D eigenvalue weighted by atomic mass is 16.7. The van der Waals surface area contributed by atoms with E-state index >= 15 is 4.79 Å². The van der Waals surface area contributed by atoms with E-state index < -0.39 is 17.7 Å². The maximum Gasteiger partial charge on any atom is 0.254 e. The van der Waals surface area contributed by atoms with Crippen LogP contribution in [0.3, 0.4) is 0 Å². The van der Waals surface area contributed by atoms with Gasteiger partial charge in [-0.05, 0) is 127 Å². The Labute approximate surface area is 416 Å². The minimum atomic E-state index is -1.50. The molecule has 6 unspecified atom stereocenters. The van der Waals surface area contributed by atoms with Crippen molar-refractivity contribution in [2.75, 3.05) is 19.8 Å². The topological polar surface area (TPSA) is 147 Å². The van der Waals surface area contributed by atoms with Crippen molar-refractivity contribution in [3.63, 3.8) is 0 Å². The molecule has 6 aromatic rings. The summed E-state index contributed by atoms with van der Waals surface area (Å²) in [7, 11) is 0. The molecule has 11 heteroatoms. The first-order valence-corrected chi connectivity index (χ1v) is 24.9. The average molecular weight is 951 g/mol. The summed E-state index contributed by atoms with van der Waals surface area (Å²) >= 11 is 0. The summed E-state index contributed by atoms with van der Waals surface area (Å²) in [6, 6.07) is 44.3. The molecule has 71 heavy (non-hydrogen) atoms. The van der Waals surface area contributed by atoms with Gasteiger partial charge in [0.25, 0.3) is 5.91 Å². The number of hydrogen-bond acceptors (Lipinski definition) is 10. The molecule has 3 aliphatic rings. The van der Waals surface area contributed by atoms with Crippen LogP contribution >= 0.6 is 0 Å². The number of aliphatic hydroxyl groups excluding tert-OH is 2. The van der Waals surface area contributed by atoms with E-state index in [-0.39, 0.29) is 69.7 Å². The number of oxime groups is 1. The quantitative estimate of drug-likeness (QED) is 0.0409. The van der Waals surface area contributed by atoms with E-state index in [1.165, 1.54) is 0 Å². The lowest BCUT2D eigenvalue weighted by Crippen LogP contribution is -2.70. The van der Waals surface area contributed by atoms with E-state index in [9.17, 15) is 15.5 Å². The van der Waals surface area contributed by atoms with Gasteiger partial charge in [0, 0.05) is 48.9 Å². The molecule has 1 aliphatic heterocycles. The van der Waals surface area contributed by atoms with Gasteiger partial charge in [-0.2, -0.15) is 5.26 Å². The van der Waals surface area contributed by atoms with Crippen LogP contribution in [0.5, 0.6) is 11.5 Å². The Balaban J connectivity index is 1.27.